The van der Waals surface area contributed by atoms with Crippen LogP contribution in [0.25, 0.3) is 0 Å². The first-order chi connectivity index (χ1) is 8.75. The summed E-state index contributed by atoms with van der Waals surface area (Å²) in [4.78, 5) is 15.4. The van der Waals surface area contributed by atoms with E-state index in [4.69, 9.17) is 5.73 Å². The minimum absolute atomic E-state index is 0.175. The van der Waals surface area contributed by atoms with Gasteiger partial charge < -0.3 is 10.6 Å². The first kappa shape index (κ1) is 13.6. The van der Waals surface area contributed by atoms with E-state index in [1.54, 1.807) is 11.3 Å². The lowest BCUT2D eigenvalue weighted by molar-refractivity contribution is -0.131. The zero-order chi connectivity index (χ0) is 12.8. The molecule has 2 N–H and O–H groups in total. The van der Waals surface area contributed by atoms with Crippen LogP contribution in [-0.2, 0) is 11.2 Å². The van der Waals surface area contributed by atoms with Crippen LogP contribution in [0.1, 0.15) is 37.0 Å². The van der Waals surface area contributed by atoms with Crippen molar-refractivity contribution in [2.75, 3.05) is 13.1 Å². The first-order valence-electron chi connectivity index (χ1n) is 6.81. The monoisotopic (exact) mass is 266 g/mol. The Balaban J connectivity index is 1.73. The molecule has 1 aromatic rings. The Morgan fingerprint density at radius 2 is 2.39 bits per heavy atom. The van der Waals surface area contributed by atoms with Crippen molar-refractivity contribution in [1.29, 1.82) is 0 Å². The summed E-state index contributed by atoms with van der Waals surface area (Å²) in [6.45, 7) is 1.64. The minimum Gasteiger partial charge on any atom is -0.341 e. The molecule has 3 nitrogen and oxygen atoms in total. The number of nitrogens with two attached hydrogens (primary N) is 1. The molecule has 0 saturated carbocycles. The molecule has 2 rings (SSSR count). The van der Waals surface area contributed by atoms with E-state index in [-0.39, 0.29) is 11.9 Å². The van der Waals surface area contributed by atoms with Crippen molar-refractivity contribution in [3.63, 3.8) is 0 Å². The van der Waals surface area contributed by atoms with Crippen LogP contribution in [0, 0.1) is 0 Å². The van der Waals surface area contributed by atoms with Gasteiger partial charge in [-0.3, -0.25) is 4.79 Å². The summed E-state index contributed by atoms with van der Waals surface area (Å²) in [5, 5.41) is 2.09. The number of carbonyl (C=O) groups excluding carboxylic acids is 1. The number of rotatable bonds is 4. The van der Waals surface area contributed by atoms with Gasteiger partial charge in [0.1, 0.15) is 0 Å². The van der Waals surface area contributed by atoms with E-state index in [0.717, 1.165) is 45.2 Å². The molecule has 4 heteroatoms. The van der Waals surface area contributed by atoms with Gasteiger partial charge in [0.05, 0.1) is 0 Å². The zero-order valence-electron chi connectivity index (χ0n) is 10.8. The molecule has 1 fully saturated rings. The first-order valence-corrected chi connectivity index (χ1v) is 7.69. The van der Waals surface area contributed by atoms with E-state index in [1.807, 2.05) is 4.90 Å². The van der Waals surface area contributed by atoms with Crippen molar-refractivity contribution < 1.29 is 4.79 Å². The van der Waals surface area contributed by atoms with Gasteiger partial charge in [-0.05, 0) is 37.1 Å². The van der Waals surface area contributed by atoms with Crippen LogP contribution in [0.5, 0.6) is 0 Å². The SMILES string of the molecule is N[C@H]1CCCCN(C(=O)CCCc2cccs2)C1. The molecule has 1 atom stereocenters. The number of thiophene rings is 1. The average Bonchev–Trinajstić information content (AvgIpc) is 2.77. The van der Waals surface area contributed by atoms with E-state index in [1.165, 1.54) is 4.88 Å². The zero-order valence-corrected chi connectivity index (χ0v) is 11.6. The highest BCUT2D eigenvalue weighted by atomic mass is 32.1. The second-order valence-corrected chi connectivity index (χ2v) is 6.06. The third kappa shape index (κ3) is 4.10. The Labute approximate surface area is 113 Å². The fraction of sp³-hybridized carbons (Fsp3) is 0.643. The lowest BCUT2D eigenvalue weighted by atomic mass is 10.1. The second-order valence-electron chi connectivity index (χ2n) is 5.03. The molecule has 1 aromatic heterocycles. The highest BCUT2D eigenvalue weighted by Gasteiger charge is 2.19. The van der Waals surface area contributed by atoms with Gasteiger partial charge in [0.25, 0.3) is 0 Å². The van der Waals surface area contributed by atoms with Crippen LogP contribution in [0.3, 0.4) is 0 Å². The Kier molecular flexibility index (Phi) is 5.20. The predicted octanol–water partition coefficient (Wildman–Crippen LogP) is 2.41. The Bertz CT molecular complexity index is 364. The van der Waals surface area contributed by atoms with Crippen molar-refractivity contribution in [3.05, 3.63) is 22.4 Å². The molecule has 1 aliphatic rings. The fourth-order valence-electron chi connectivity index (χ4n) is 2.43. The Morgan fingerprint density at radius 1 is 1.50 bits per heavy atom. The normalized spacial score (nSPS) is 20.7. The van der Waals surface area contributed by atoms with Gasteiger partial charge in [0.2, 0.25) is 5.91 Å². The summed E-state index contributed by atoms with van der Waals surface area (Å²) >= 11 is 1.77. The van der Waals surface area contributed by atoms with Crippen molar-refractivity contribution in [1.82, 2.24) is 4.90 Å². The number of aryl methyl sites for hydroxylation is 1. The lowest BCUT2D eigenvalue weighted by Gasteiger charge is -2.22. The standard InChI is InChI=1S/C14H22N2OS/c15-12-5-1-2-9-16(11-12)14(17)8-3-6-13-7-4-10-18-13/h4,7,10,12H,1-3,5-6,8-9,11,15H2/t12-/m0/s1. The highest BCUT2D eigenvalue weighted by molar-refractivity contribution is 7.09. The molecule has 0 radical (unpaired) electrons. The number of nitrogens with zero attached hydrogens (tertiary/aromatic N) is 1. The summed E-state index contributed by atoms with van der Waals surface area (Å²) in [5.41, 5.74) is 5.98. The summed E-state index contributed by atoms with van der Waals surface area (Å²) < 4.78 is 0. The third-order valence-electron chi connectivity index (χ3n) is 3.45. The van der Waals surface area contributed by atoms with Crippen molar-refractivity contribution in [3.8, 4) is 0 Å². The summed E-state index contributed by atoms with van der Waals surface area (Å²) in [6, 6.07) is 4.38. The number of amides is 1. The molecule has 1 saturated heterocycles. The van der Waals surface area contributed by atoms with Crippen LogP contribution in [-0.4, -0.2) is 29.9 Å². The molecular formula is C14H22N2OS. The topological polar surface area (TPSA) is 46.3 Å². The van der Waals surface area contributed by atoms with Gasteiger partial charge in [-0.1, -0.05) is 12.5 Å². The third-order valence-corrected chi connectivity index (χ3v) is 4.39. The van der Waals surface area contributed by atoms with Crippen molar-refractivity contribution >= 4 is 17.2 Å². The molecule has 1 aliphatic heterocycles. The minimum atomic E-state index is 0.175. The van der Waals surface area contributed by atoms with Crippen LogP contribution in [0.15, 0.2) is 17.5 Å². The Morgan fingerprint density at radius 3 is 3.17 bits per heavy atom. The van der Waals surface area contributed by atoms with Gasteiger partial charge in [-0.15, -0.1) is 11.3 Å². The maximum absolute atomic E-state index is 12.1. The molecule has 0 aliphatic carbocycles. The maximum Gasteiger partial charge on any atom is 0.222 e. The smallest absolute Gasteiger partial charge is 0.222 e. The second kappa shape index (κ2) is 6.90. The average molecular weight is 266 g/mol. The van der Waals surface area contributed by atoms with E-state index >= 15 is 0 Å². The maximum atomic E-state index is 12.1. The molecule has 0 aromatic carbocycles. The number of hydrogen-bond donors (Lipinski definition) is 1. The Hall–Kier alpha value is -0.870. The van der Waals surface area contributed by atoms with Gasteiger partial charge >= 0.3 is 0 Å². The molecule has 100 valence electrons. The van der Waals surface area contributed by atoms with Crippen molar-refractivity contribution in [2.24, 2.45) is 5.73 Å². The fourth-order valence-corrected chi connectivity index (χ4v) is 3.18. The number of likely N-dealkylation sites (tertiary alicyclic amines) is 1. The molecule has 2 heterocycles. The summed E-state index contributed by atoms with van der Waals surface area (Å²) in [5.74, 6) is 0.281. The van der Waals surface area contributed by atoms with E-state index in [9.17, 15) is 4.79 Å². The van der Waals surface area contributed by atoms with Gasteiger partial charge in [0.15, 0.2) is 0 Å². The lowest BCUT2D eigenvalue weighted by Crippen LogP contribution is -2.39. The number of hydrogen-bond acceptors (Lipinski definition) is 3. The predicted molar refractivity (Wildman–Crippen MR) is 75.7 cm³/mol. The highest BCUT2D eigenvalue weighted by Crippen LogP contribution is 2.14. The van der Waals surface area contributed by atoms with Crippen molar-refractivity contribution in [2.45, 2.75) is 44.6 Å². The van der Waals surface area contributed by atoms with Crippen LogP contribution < -0.4 is 5.73 Å². The number of carbonyl (C=O) groups is 1. The van der Waals surface area contributed by atoms with Crippen LogP contribution in [0.4, 0.5) is 0 Å². The van der Waals surface area contributed by atoms with E-state index in [0.29, 0.717) is 6.42 Å². The molecule has 18 heavy (non-hydrogen) atoms. The molecule has 0 unspecified atom stereocenters. The molecule has 0 bridgehead atoms. The van der Waals surface area contributed by atoms with Crippen LogP contribution in [0.2, 0.25) is 0 Å². The van der Waals surface area contributed by atoms with Gasteiger partial charge in [-0.25, -0.2) is 0 Å². The van der Waals surface area contributed by atoms with Gasteiger partial charge in [0, 0.05) is 30.4 Å². The van der Waals surface area contributed by atoms with Gasteiger partial charge in [-0.2, -0.15) is 0 Å². The molecule has 1 amide bonds. The summed E-state index contributed by atoms with van der Waals surface area (Å²) in [7, 11) is 0. The molecule has 0 spiro atoms. The molecular weight excluding hydrogens is 244 g/mol. The largest absolute Gasteiger partial charge is 0.341 e. The van der Waals surface area contributed by atoms with E-state index in [2.05, 4.69) is 17.5 Å². The van der Waals surface area contributed by atoms with Crippen LogP contribution >= 0.6 is 11.3 Å². The summed E-state index contributed by atoms with van der Waals surface area (Å²) in [6.07, 6.45) is 5.93. The quantitative estimate of drug-likeness (QED) is 0.909. The van der Waals surface area contributed by atoms with E-state index < -0.39 is 0 Å².